The summed E-state index contributed by atoms with van der Waals surface area (Å²) >= 11 is 0. The number of carbonyl (C=O) groups is 4. The van der Waals surface area contributed by atoms with Crippen LogP contribution in [0.15, 0.2) is 36.5 Å². The molecule has 0 atom stereocenters. The van der Waals surface area contributed by atoms with Crippen molar-refractivity contribution in [1.82, 2.24) is 40.0 Å². The van der Waals surface area contributed by atoms with Crippen LogP contribution < -0.4 is 15.5 Å². The number of aldehydes is 1. The zero-order valence-electron chi connectivity index (χ0n) is 58.4. The van der Waals surface area contributed by atoms with E-state index < -0.39 is 37.0 Å². The molecular formula is C73H97F2N11O15. The average Bonchev–Trinajstić information content (AvgIpc) is 1.61. The summed E-state index contributed by atoms with van der Waals surface area (Å²) in [6.45, 7) is 2.97. The number of methoxy groups -OCH3 is 8. The van der Waals surface area contributed by atoms with Crippen molar-refractivity contribution in [3.63, 3.8) is 0 Å². The molecule has 2 saturated heterocycles. The van der Waals surface area contributed by atoms with Crippen LogP contribution in [0.2, 0.25) is 0 Å². The molecule has 6 aliphatic carbocycles. The van der Waals surface area contributed by atoms with Crippen molar-refractivity contribution < 1.29 is 80.7 Å². The van der Waals surface area contributed by atoms with Gasteiger partial charge >= 0.3 is 18.2 Å². The van der Waals surface area contributed by atoms with Crippen LogP contribution in [0.5, 0.6) is 0 Å². The Morgan fingerprint density at radius 1 is 0.614 bits per heavy atom. The average molecular weight is 1410 g/mol. The maximum atomic E-state index is 14.0. The predicted octanol–water partition coefficient (Wildman–Crippen LogP) is 10.7. The number of aliphatic hydroxyl groups excluding tert-OH is 1. The number of pyridine rings is 5. The van der Waals surface area contributed by atoms with Crippen LogP contribution in [-0.4, -0.2) is 164 Å². The zero-order chi connectivity index (χ0) is 70.0. The number of ether oxygens (including phenoxy) is 10. The van der Waals surface area contributed by atoms with E-state index in [4.69, 9.17) is 67.6 Å². The van der Waals surface area contributed by atoms with E-state index in [1.807, 2.05) is 17.0 Å². The van der Waals surface area contributed by atoms with Gasteiger partial charge in [-0.05, 0) is 179 Å². The molecule has 3 saturated carbocycles. The number of cyclic esters (lactones) is 2. The van der Waals surface area contributed by atoms with Crippen LogP contribution in [-0.2, 0) is 112 Å². The first-order valence-corrected chi connectivity index (χ1v) is 34.2. The molecule has 0 unspecified atom stereocenters. The number of aliphatic hydroxyl groups is 1. The Kier molecular flexibility index (Phi) is 26.4. The summed E-state index contributed by atoms with van der Waals surface area (Å²) in [4.78, 5) is 76.9. The summed E-state index contributed by atoms with van der Waals surface area (Å²) < 4.78 is 67.7. The number of urea groups is 1. The van der Waals surface area contributed by atoms with Crippen molar-refractivity contribution >= 4 is 36.1 Å². The third-order valence-corrected chi connectivity index (χ3v) is 20.3. The van der Waals surface area contributed by atoms with Crippen molar-refractivity contribution in [2.24, 2.45) is 0 Å². The summed E-state index contributed by atoms with van der Waals surface area (Å²) in [6, 6.07) is 10.5. The van der Waals surface area contributed by atoms with Crippen LogP contribution in [0.4, 0.5) is 35.1 Å². The normalized spacial score (nSPS) is 18.0. The van der Waals surface area contributed by atoms with Gasteiger partial charge < -0.3 is 57.8 Å². The van der Waals surface area contributed by atoms with Gasteiger partial charge in [0.15, 0.2) is 6.29 Å². The Morgan fingerprint density at radius 3 is 1.49 bits per heavy atom. The molecule has 3 aliphatic heterocycles. The van der Waals surface area contributed by atoms with Gasteiger partial charge in [0.2, 0.25) is 25.2 Å². The van der Waals surface area contributed by atoms with Crippen LogP contribution in [0.25, 0.3) is 0 Å². The summed E-state index contributed by atoms with van der Waals surface area (Å²) in [5, 5.41) is 24.4. The highest BCUT2D eigenvalue weighted by Crippen LogP contribution is 2.49. The van der Waals surface area contributed by atoms with E-state index in [2.05, 4.69) is 32.7 Å². The summed E-state index contributed by atoms with van der Waals surface area (Å²) in [6.07, 6.45) is 19.5. The second kappa shape index (κ2) is 34.4. The minimum atomic E-state index is -0.819. The molecule has 101 heavy (non-hydrogen) atoms. The highest BCUT2D eigenvalue weighted by Gasteiger charge is 2.57. The highest BCUT2D eigenvalue weighted by molar-refractivity contribution is 6.01. The van der Waals surface area contributed by atoms with E-state index in [0.29, 0.717) is 68.5 Å². The summed E-state index contributed by atoms with van der Waals surface area (Å²) in [5.74, 6) is -0.367. The number of anilines is 2. The number of nitriles is 1. The van der Waals surface area contributed by atoms with Crippen LogP contribution in [0, 0.1) is 17.1 Å². The maximum Gasteiger partial charge on any atom is 0.410 e. The summed E-state index contributed by atoms with van der Waals surface area (Å²) in [7, 11) is 12.6. The SMILES string of the molecule is C.COC(OC)c1nc2c(cc1C=O)CCCC2.COC(OC)c1nc2c(cc1CN1C(=O)OCC13CC3)CCCC2.COC(OC)c1nc2c(cc1CN1C(=O)OCC13CC3)CCCN2C(=O)Nc1cc(F)c(C#N)cn1.COC(OC)c1nc2c(cc1CNC1(CO)CC1)CCCC2.F. The largest absolute Gasteiger partial charge is 0.447 e. The summed E-state index contributed by atoms with van der Waals surface area (Å²) in [5.41, 5.74) is 13.6. The van der Waals surface area contributed by atoms with Gasteiger partial charge in [-0.1, -0.05) is 19.6 Å². The van der Waals surface area contributed by atoms with Gasteiger partial charge in [-0.2, -0.15) is 5.26 Å². The molecule has 8 heterocycles. The second-order valence-corrected chi connectivity index (χ2v) is 26.7. The third kappa shape index (κ3) is 17.3. The van der Waals surface area contributed by atoms with Gasteiger partial charge in [-0.3, -0.25) is 44.5 Å². The lowest BCUT2D eigenvalue weighted by Gasteiger charge is -2.31. The molecule has 0 aromatic carbocycles. The Balaban J connectivity index is 0.000000162. The molecular weight excluding hydrogens is 1310 g/mol. The first-order chi connectivity index (χ1) is 48.1. The maximum absolute atomic E-state index is 14.0. The zero-order valence-corrected chi connectivity index (χ0v) is 58.4. The molecule has 548 valence electrons. The topological polar surface area (TPSA) is 303 Å². The molecule has 9 aliphatic rings. The fourth-order valence-electron chi connectivity index (χ4n) is 14.0. The molecule has 0 bridgehead atoms. The van der Waals surface area contributed by atoms with Crippen molar-refractivity contribution in [2.45, 2.75) is 197 Å². The first kappa shape index (κ1) is 77.3. The van der Waals surface area contributed by atoms with Crippen molar-refractivity contribution in [1.29, 1.82) is 5.26 Å². The number of fused-ring (bicyclic) bond motifs is 4. The van der Waals surface area contributed by atoms with E-state index in [9.17, 15) is 28.7 Å². The highest BCUT2D eigenvalue weighted by atomic mass is 19.1. The predicted molar refractivity (Wildman–Crippen MR) is 366 cm³/mol. The van der Waals surface area contributed by atoms with Crippen LogP contribution in [0.3, 0.4) is 0 Å². The lowest BCUT2D eigenvalue weighted by molar-refractivity contribution is -0.109. The Morgan fingerprint density at radius 2 is 1.04 bits per heavy atom. The molecule has 4 amide bonds. The van der Waals surface area contributed by atoms with E-state index in [1.165, 1.54) is 73.6 Å². The Bertz CT molecular complexity index is 3780. The van der Waals surface area contributed by atoms with Gasteiger partial charge in [0.1, 0.15) is 65.1 Å². The van der Waals surface area contributed by atoms with Gasteiger partial charge in [-0.15, -0.1) is 0 Å². The standard InChI is InChI=1S/C24H25FN6O5.C18H24N2O4.C17H26N2O3.C13H17NO3.CH4.FH/c1-34-21(35-2)19-15(12-31-23(33)36-13-24(31)5-6-24)8-14-4-3-7-30(20(14)29-19)22(32)28-18-9-17(25)16(10-26)11-27-18;1-22-16(23-2)15-13(9-12-5-3-4-6-14(12)19-15)10-20-17(21)24-11-18(20)7-8-18;1-21-16(22-2)15-13(10-18-17(11-20)7-8-17)9-12-5-3-4-6-14(12)19-15;1-16-13(17-2)12-10(8-15)7-9-5-3-4-6-11(9)14-12;;/h8-9,11,21H,3-7,12-13H2,1-2H3,(H,27,28,32);9,16H,3-8,10-11H2,1-2H3;9,16,18,20H,3-8,10-11H2,1-2H3;7-8,13H,3-6H2,1-2H3;1H4;1H. The van der Waals surface area contributed by atoms with Gasteiger partial charge in [0, 0.05) is 104 Å². The second-order valence-electron chi connectivity index (χ2n) is 26.7. The third-order valence-electron chi connectivity index (χ3n) is 20.3. The van der Waals surface area contributed by atoms with Gasteiger partial charge in [0.25, 0.3) is 0 Å². The monoisotopic (exact) mass is 1410 g/mol. The number of amides is 4. The number of halogens is 2. The molecule has 2 spiro atoms. The first-order valence-electron chi connectivity index (χ1n) is 34.2. The fraction of sp³-hybridized carbons (Fsp3) is 0.589. The van der Waals surface area contributed by atoms with E-state index in [0.717, 1.165) is 147 Å². The molecule has 28 heteroatoms. The molecule has 26 nitrogen and oxygen atoms in total. The van der Waals surface area contributed by atoms with E-state index in [1.54, 1.807) is 53.6 Å². The van der Waals surface area contributed by atoms with Crippen LogP contribution in [0.1, 0.15) is 211 Å². The van der Waals surface area contributed by atoms with Gasteiger partial charge in [-0.25, -0.2) is 28.7 Å². The number of nitrogens with zero attached hydrogens (tertiary/aromatic N) is 9. The molecule has 3 N–H and O–H groups in total. The lowest BCUT2D eigenvalue weighted by atomic mass is 9.93. The van der Waals surface area contributed by atoms with Crippen molar-refractivity contribution in [2.75, 3.05) is 93.5 Å². The Labute approximate surface area is 588 Å². The molecule has 0 radical (unpaired) electrons. The Hall–Kier alpha value is -7.82. The van der Waals surface area contributed by atoms with Crippen molar-refractivity contribution in [3.05, 3.63) is 132 Å². The number of hydrogen-bond acceptors (Lipinski definition) is 22. The van der Waals surface area contributed by atoms with E-state index in [-0.39, 0.29) is 65.5 Å². The molecule has 5 aromatic rings. The smallest absolute Gasteiger partial charge is 0.410 e. The number of aromatic nitrogens is 5. The molecule has 14 rings (SSSR count). The quantitative estimate of drug-likeness (QED) is 0.0428. The van der Waals surface area contributed by atoms with Gasteiger partial charge in [0.05, 0.1) is 37.0 Å². The minimum absolute atomic E-state index is 0. The number of nitrogens with one attached hydrogen (secondary N) is 2. The number of rotatable bonds is 22. The number of hydrogen-bond donors (Lipinski definition) is 3. The number of aryl methyl sites for hydroxylation is 7. The lowest BCUT2D eigenvalue weighted by Crippen LogP contribution is -2.40. The van der Waals surface area contributed by atoms with Crippen LogP contribution >= 0.6 is 0 Å². The van der Waals surface area contributed by atoms with Crippen molar-refractivity contribution in [3.8, 4) is 6.07 Å². The molecule has 5 aromatic heterocycles. The minimum Gasteiger partial charge on any atom is -0.447 e. The van der Waals surface area contributed by atoms with E-state index >= 15 is 0 Å². The fourth-order valence-corrected chi connectivity index (χ4v) is 14.0. The molecule has 5 fully saturated rings. The number of carbonyl (C=O) groups excluding carboxylic acids is 4.